The zero-order chi connectivity index (χ0) is 8.27. The fourth-order valence-corrected chi connectivity index (χ4v) is 0.960. The number of furan rings is 1. The van der Waals surface area contributed by atoms with Crippen LogP contribution in [0.25, 0.3) is 0 Å². The molecule has 1 aromatic rings. The van der Waals surface area contributed by atoms with Crippen LogP contribution in [0.2, 0.25) is 0 Å². The largest absolute Gasteiger partial charge is 0.466 e. The lowest BCUT2D eigenvalue weighted by Gasteiger charge is -1.97. The molecule has 60 valence electrons. The Morgan fingerprint density at radius 3 is 2.82 bits per heavy atom. The summed E-state index contributed by atoms with van der Waals surface area (Å²) in [4.78, 5) is 10.3. The molecule has 1 unspecified atom stereocenters. The third kappa shape index (κ3) is 2.22. The lowest BCUT2D eigenvalue weighted by Crippen LogP contribution is -1.98. The van der Waals surface area contributed by atoms with E-state index in [4.69, 9.17) is 4.42 Å². The van der Waals surface area contributed by atoms with Crippen LogP contribution in [0.5, 0.6) is 0 Å². The summed E-state index contributed by atoms with van der Waals surface area (Å²) < 4.78 is 5.30. The normalized spacial score (nSPS) is 12.9. The Labute approximate surface area is 66.2 Å². The van der Waals surface area contributed by atoms with Gasteiger partial charge >= 0.3 is 0 Å². The number of hydrogen-bond donors (Lipinski definition) is 0. The number of carbonyl (C=O) groups excluding carboxylic acids is 1. The highest BCUT2D eigenvalue weighted by Gasteiger charge is 2.04. The molecule has 0 saturated heterocycles. The van der Waals surface area contributed by atoms with Crippen LogP contribution in [0.4, 0.5) is 0 Å². The maximum Gasteiger partial charge on any atom is 0.123 e. The van der Waals surface area contributed by atoms with E-state index >= 15 is 0 Å². The van der Waals surface area contributed by atoms with Crippen molar-refractivity contribution in [3.63, 3.8) is 0 Å². The van der Waals surface area contributed by atoms with E-state index in [0.29, 0.717) is 6.42 Å². The summed E-state index contributed by atoms with van der Waals surface area (Å²) in [5, 5.41) is 0. The van der Waals surface area contributed by atoms with Crippen LogP contribution < -0.4 is 0 Å². The van der Waals surface area contributed by atoms with Gasteiger partial charge in [-0.1, -0.05) is 6.92 Å². The summed E-state index contributed by atoms with van der Waals surface area (Å²) in [6.07, 6.45) is 1.65. The minimum atomic E-state index is 0.0561. The van der Waals surface area contributed by atoms with Crippen molar-refractivity contribution in [1.82, 2.24) is 0 Å². The molecule has 0 aliphatic heterocycles. The molecule has 0 aromatic carbocycles. The van der Waals surface area contributed by atoms with E-state index in [1.165, 1.54) is 0 Å². The molecule has 0 saturated carbocycles. The molecule has 0 spiro atoms. The Morgan fingerprint density at radius 1 is 1.64 bits per heavy atom. The highest BCUT2D eigenvalue weighted by molar-refractivity contribution is 5.53. The van der Waals surface area contributed by atoms with E-state index in [1.807, 2.05) is 26.0 Å². The van der Waals surface area contributed by atoms with Crippen LogP contribution in [0.15, 0.2) is 16.5 Å². The Balaban J connectivity index is 2.57. The lowest BCUT2D eigenvalue weighted by atomic mass is 10.1. The topological polar surface area (TPSA) is 30.2 Å². The Kier molecular flexibility index (Phi) is 2.47. The molecule has 0 aliphatic carbocycles. The fraction of sp³-hybridized carbons (Fsp3) is 0.444. The maximum atomic E-state index is 10.3. The van der Waals surface area contributed by atoms with Gasteiger partial charge < -0.3 is 9.21 Å². The zero-order valence-corrected chi connectivity index (χ0v) is 6.83. The summed E-state index contributed by atoms with van der Waals surface area (Å²) in [6, 6.07) is 3.82. The van der Waals surface area contributed by atoms with E-state index in [0.717, 1.165) is 17.8 Å². The average Bonchev–Trinajstić information content (AvgIpc) is 2.35. The monoisotopic (exact) mass is 152 g/mol. The first-order valence-corrected chi connectivity index (χ1v) is 3.73. The van der Waals surface area contributed by atoms with Gasteiger partial charge in [0, 0.05) is 12.3 Å². The summed E-state index contributed by atoms with van der Waals surface area (Å²) in [5.74, 6) is 1.85. The summed E-state index contributed by atoms with van der Waals surface area (Å²) in [7, 11) is 0. The zero-order valence-electron chi connectivity index (χ0n) is 6.83. The van der Waals surface area contributed by atoms with Crippen molar-refractivity contribution in [2.75, 3.05) is 0 Å². The molecule has 0 fully saturated rings. The van der Waals surface area contributed by atoms with Gasteiger partial charge in [-0.15, -0.1) is 0 Å². The number of rotatable bonds is 3. The van der Waals surface area contributed by atoms with Gasteiger partial charge in [-0.2, -0.15) is 0 Å². The molecule has 2 heteroatoms. The standard InChI is InChI=1S/C9H12O2/c1-7(6-10)5-9-4-3-8(2)11-9/h3-4,6-7H,5H2,1-2H3. The molecule has 1 rings (SSSR count). The van der Waals surface area contributed by atoms with Crippen LogP contribution in [0.3, 0.4) is 0 Å². The first-order chi connectivity index (χ1) is 5.22. The van der Waals surface area contributed by atoms with E-state index in [9.17, 15) is 4.79 Å². The molecule has 0 bridgehead atoms. The Morgan fingerprint density at radius 2 is 2.36 bits per heavy atom. The van der Waals surface area contributed by atoms with E-state index in [1.54, 1.807) is 0 Å². The molecule has 0 N–H and O–H groups in total. The molecule has 0 amide bonds. The van der Waals surface area contributed by atoms with Gasteiger partial charge in [0.2, 0.25) is 0 Å². The lowest BCUT2D eigenvalue weighted by molar-refractivity contribution is -0.110. The minimum absolute atomic E-state index is 0.0561. The Hall–Kier alpha value is -1.05. The number of carbonyl (C=O) groups is 1. The molecule has 0 radical (unpaired) electrons. The fourth-order valence-electron chi connectivity index (χ4n) is 0.960. The highest BCUT2D eigenvalue weighted by Crippen LogP contribution is 2.10. The molecular weight excluding hydrogens is 140 g/mol. The predicted molar refractivity (Wildman–Crippen MR) is 42.4 cm³/mol. The average molecular weight is 152 g/mol. The molecule has 1 aromatic heterocycles. The molecule has 0 aliphatic rings. The predicted octanol–water partition coefficient (Wildman–Crippen LogP) is 1.97. The van der Waals surface area contributed by atoms with Crippen molar-refractivity contribution in [2.45, 2.75) is 20.3 Å². The maximum absolute atomic E-state index is 10.3. The van der Waals surface area contributed by atoms with Gasteiger partial charge in [0.1, 0.15) is 17.8 Å². The van der Waals surface area contributed by atoms with Crippen molar-refractivity contribution < 1.29 is 9.21 Å². The van der Waals surface area contributed by atoms with Gasteiger partial charge in [0.25, 0.3) is 0 Å². The smallest absolute Gasteiger partial charge is 0.123 e. The number of hydrogen-bond acceptors (Lipinski definition) is 2. The molecular formula is C9H12O2. The van der Waals surface area contributed by atoms with Crippen molar-refractivity contribution in [1.29, 1.82) is 0 Å². The Bertz CT molecular complexity index is 237. The molecule has 1 atom stereocenters. The summed E-state index contributed by atoms with van der Waals surface area (Å²) in [5.41, 5.74) is 0. The first-order valence-electron chi connectivity index (χ1n) is 3.73. The van der Waals surface area contributed by atoms with Crippen LogP contribution in [0.1, 0.15) is 18.4 Å². The van der Waals surface area contributed by atoms with Gasteiger partial charge in [0.05, 0.1) is 0 Å². The van der Waals surface area contributed by atoms with Gasteiger partial charge in [-0.3, -0.25) is 0 Å². The SMILES string of the molecule is Cc1ccc(CC(C)C=O)o1. The first kappa shape index (κ1) is 8.05. The van der Waals surface area contributed by atoms with E-state index < -0.39 is 0 Å². The second kappa shape index (κ2) is 3.37. The van der Waals surface area contributed by atoms with Crippen LogP contribution in [0, 0.1) is 12.8 Å². The van der Waals surface area contributed by atoms with Crippen LogP contribution >= 0.6 is 0 Å². The number of aryl methyl sites for hydroxylation is 1. The second-order valence-electron chi connectivity index (χ2n) is 2.83. The van der Waals surface area contributed by atoms with Gasteiger partial charge in [-0.25, -0.2) is 0 Å². The quantitative estimate of drug-likeness (QED) is 0.620. The third-order valence-corrected chi connectivity index (χ3v) is 1.55. The van der Waals surface area contributed by atoms with Crippen molar-refractivity contribution >= 4 is 6.29 Å². The van der Waals surface area contributed by atoms with Crippen LogP contribution in [-0.4, -0.2) is 6.29 Å². The number of aldehydes is 1. The second-order valence-corrected chi connectivity index (χ2v) is 2.83. The molecule has 1 heterocycles. The minimum Gasteiger partial charge on any atom is -0.466 e. The molecule has 11 heavy (non-hydrogen) atoms. The van der Waals surface area contributed by atoms with Crippen molar-refractivity contribution in [3.05, 3.63) is 23.7 Å². The van der Waals surface area contributed by atoms with E-state index in [2.05, 4.69) is 0 Å². The van der Waals surface area contributed by atoms with Gasteiger partial charge in [0.15, 0.2) is 0 Å². The van der Waals surface area contributed by atoms with Crippen molar-refractivity contribution in [2.24, 2.45) is 5.92 Å². The highest BCUT2D eigenvalue weighted by atomic mass is 16.3. The van der Waals surface area contributed by atoms with Gasteiger partial charge in [-0.05, 0) is 19.1 Å². The van der Waals surface area contributed by atoms with Crippen LogP contribution in [-0.2, 0) is 11.2 Å². The van der Waals surface area contributed by atoms with E-state index in [-0.39, 0.29) is 5.92 Å². The van der Waals surface area contributed by atoms with Crippen molar-refractivity contribution in [3.8, 4) is 0 Å². The summed E-state index contributed by atoms with van der Waals surface area (Å²) in [6.45, 7) is 3.78. The molecule has 2 nitrogen and oxygen atoms in total. The third-order valence-electron chi connectivity index (χ3n) is 1.55. The summed E-state index contributed by atoms with van der Waals surface area (Å²) >= 11 is 0.